The highest BCUT2D eigenvalue weighted by atomic mass is 16.6. The maximum absolute atomic E-state index is 5.24. The zero-order valence-corrected chi connectivity index (χ0v) is 4.53. The number of nitrogens with two attached hydrogens (primary N) is 1. The Morgan fingerprint density at radius 1 is 1.88 bits per heavy atom. The molecule has 0 aliphatic heterocycles. The average Bonchev–Trinajstić information content (AvgIpc) is 2.14. The number of hydrogen-bond acceptors (Lipinski definition) is 3. The first-order valence-corrected chi connectivity index (χ1v) is 2.17. The molecule has 4 heteroatoms. The van der Waals surface area contributed by atoms with Gasteiger partial charge in [-0.3, -0.25) is 0 Å². The number of aromatic nitrogens is 2. The standard InChI is InChI=1S/C4H7N3O/c1-8-7-2-4(5)6-3-7/h2-3H,5H2,1H3. The molecular formula is C4H7N3O. The van der Waals surface area contributed by atoms with Gasteiger partial charge in [0.1, 0.15) is 19.3 Å². The summed E-state index contributed by atoms with van der Waals surface area (Å²) in [5.41, 5.74) is 5.24. The van der Waals surface area contributed by atoms with Gasteiger partial charge in [-0.2, -0.15) is 4.73 Å². The molecule has 0 saturated carbocycles. The summed E-state index contributed by atoms with van der Waals surface area (Å²) >= 11 is 0. The van der Waals surface area contributed by atoms with Crippen molar-refractivity contribution >= 4 is 5.82 Å². The number of imidazole rings is 1. The van der Waals surface area contributed by atoms with Crippen molar-refractivity contribution in [3.8, 4) is 0 Å². The van der Waals surface area contributed by atoms with Crippen LogP contribution in [-0.4, -0.2) is 16.8 Å². The van der Waals surface area contributed by atoms with E-state index in [0.29, 0.717) is 5.82 Å². The zero-order chi connectivity index (χ0) is 5.98. The number of hydrogen-bond donors (Lipinski definition) is 1. The Kier molecular flexibility index (Phi) is 1.07. The van der Waals surface area contributed by atoms with E-state index >= 15 is 0 Å². The van der Waals surface area contributed by atoms with Crippen LogP contribution in [0.15, 0.2) is 12.5 Å². The van der Waals surface area contributed by atoms with Crippen LogP contribution in [0, 0.1) is 0 Å². The van der Waals surface area contributed by atoms with E-state index in [1.54, 1.807) is 13.3 Å². The molecule has 44 valence electrons. The summed E-state index contributed by atoms with van der Waals surface area (Å²) in [4.78, 5) is 8.41. The van der Waals surface area contributed by atoms with E-state index in [2.05, 4.69) is 4.98 Å². The molecule has 1 rings (SSSR count). The molecule has 0 atom stereocenters. The fourth-order valence-electron chi connectivity index (χ4n) is 0.420. The van der Waals surface area contributed by atoms with Gasteiger partial charge in [-0.15, -0.1) is 0 Å². The van der Waals surface area contributed by atoms with Crippen LogP contribution in [0.4, 0.5) is 5.82 Å². The third-order valence-corrected chi connectivity index (χ3v) is 0.791. The summed E-state index contributed by atoms with van der Waals surface area (Å²) < 4.78 is 1.43. The Bertz CT molecular complexity index is 172. The summed E-state index contributed by atoms with van der Waals surface area (Å²) in [5.74, 6) is 0.465. The van der Waals surface area contributed by atoms with Gasteiger partial charge in [0.2, 0.25) is 0 Å². The van der Waals surface area contributed by atoms with Crippen molar-refractivity contribution in [3.63, 3.8) is 0 Å². The zero-order valence-electron chi connectivity index (χ0n) is 4.53. The highest BCUT2D eigenvalue weighted by Crippen LogP contribution is 1.91. The molecule has 0 fully saturated rings. The molecule has 1 aromatic rings. The van der Waals surface area contributed by atoms with Crippen molar-refractivity contribution in [2.45, 2.75) is 0 Å². The molecule has 4 nitrogen and oxygen atoms in total. The molecule has 0 aromatic carbocycles. The minimum Gasteiger partial charge on any atom is -0.416 e. The minimum absolute atomic E-state index is 0.465. The predicted molar refractivity (Wildman–Crippen MR) is 29.1 cm³/mol. The molecule has 0 bridgehead atoms. The van der Waals surface area contributed by atoms with Crippen LogP contribution in [-0.2, 0) is 0 Å². The Labute approximate surface area is 46.8 Å². The van der Waals surface area contributed by atoms with E-state index in [4.69, 9.17) is 10.6 Å². The second-order valence-corrected chi connectivity index (χ2v) is 1.34. The fourth-order valence-corrected chi connectivity index (χ4v) is 0.420. The first kappa shape index (κ1) is 4.96. The summed E-state index contributed by atoms with van der Waals surface area (Å²) in [6.45, 7) is 0. The smallest absolute Gasteiger partial charge is 0.145 e. The van der Waals surface area contributed by atoms with Gasteiger partial charge in [-0.1, -0.05) is 0 Å². The van der Waals surface area contributed by atoms with E-state index in [1.165, 1.54) is 11.1 Å². The molecular weight excluding hydrogens is 106 g/mol. The van der Waals surface area contributed by atoms with Gasteiger partial charge in [-0.25, -0.2) is 4.98 Å². The second kappa shape index (κ2) is 1.73. The van der Waals surface area contributed by atoms with Crippen molar-refractivity contribution in [2.24, 2.45) is 0 Å². The molecule has 0 aliphatic carbocycles. The van der Waals surface area contributed by atoms with Crippen molar-refractivity contribution in [2.75, 3.05) is 12.8 Å². The maximum atomic E-state index is 5.24. The molecule has 2 N–H and O–H groups in total. The average molecular weight is 113 g/mol. The summed E-state index contributed by atoms with van der Waals surface area (Å²) in [7, 11) is 1.54. The molecule has 0 radical (unpaired) electrons. The number of rotatable bonds is 1. The predicted octanol–water partition coefficient (Wildman–Crippen LogP) is -0.476. The highest BCUT2D eigenvalue weighted by molar-refractivity contribution is 5.21. The normalized spacial score (nSPS) is 9.12. The van der Waals surface area contributed by atoms with Crippen LogP contribution in [0.2, 0.25) is 0 Å². The summed E-state index contributed by atoms with van der Waals surface area (Å²) in [6.07, 6.45) is 3.08. The van der Waals surface area contributed by atoms with E-state index in [0.717, 1.165) is 0 Å². The molecule has 1 heterocycles. The monoisotopic (exact) mass is 113 g/mol. The molecule has 8 heavy (non-hydrogen) atoms. The lowest BCUT2D eigenvalue weighted by atomic mass is 10.8. The van der Waals surface area contributed by atoms with Gasteiger partial charge in [-0.05, 0) is 0 Å². The maximum Gasteiger partial charge on any atom is 0.145 e. The lowest BCUT2D eigenvalue weighted by Gasteiger charge is -1.92. The second-order valence-electron chi connectivity index (χ2n) is 1.34. The minimum atomic E-state index is 0.465. The van der Waals surface area contributed by atoms with Gasteiger partial charge >= 0.3 is 0 Å². The SMILES string of the molecule is COn1cnc(N)c1. The Morgan fingerprint density at radius 2 is 2.62 bits per heavy atom. The van der Waals surface area contributed by atoms with Crippen molar-refractivity contribution < 1.29 is 4.84 Å². The molecule has 0 saturated heterocycles. The van der Waals surface area contributed by atoms with Crippen LogP contribution in [0.3, 0.4) is 0 Å². The van der Waals surface area contributed by atoms with Crippen molar-refractivity contribution in [3.05, 3.63) is 12.5 Å². The molecule has 0 spiro atoms. The summed E-state index contributed by atoms with van der Waals surface area (Å²) in [6, 6.07) is 0. The first-order chi connectivity index (χ1) is 3.83. The molecule has 1 aromatic heterocycles. The number of anilines is 1. The van der Waals surface area contributed by atoms with Crippen LogP contribution in [0.25, 0.3) is 0 Å². The Hall–Kier alpha value is -1.19. The lowest BCUT2D eigenvalue weighted by Crippen LogP contribution is -2.00. The van der Waals surface area contributed by atoms with Crippen LogP contribution in [0.5, 0.6) is 0 Å². The van der Waals surface area contributed by atoms with Crippen molar-refractivity contribution in [1.82, 2.24) is 9.71 Å². The van der Waals surface area contributed by atoms with E-state index in [9.17, 15) is 0 Å². The third-order valence-electron chi connectivity index (χ3n) is 0.791. The number of nitrogens with zero attached hydrogens (tertiary/aromatic N) is 2. The summed E-state index contributed by atoms with van der Waals surface area (Å²) in [5, 5.41) is 0. The van der Waals surface area contributed by atoms with Crippen LogP contribution >= 0.6 is 0 Å². The fraction of sp³-hybridized carbons (Fsp3) is 0.250. The first-order valence-electron chi connectivity index (χ1n) is 2.17. The third kappa shape index (κ3) is 0.726. The van der Waals surface area contributed by atoms with E-state index in [1.807, 2.05) is 0 Å². The Morgan fingerprint density at radius 3 is 2.88 bits per heavy atom. The van der Waals surface area contributed by atoms with Crippen LogP contribution in [0.1, 0.15) is 0 Å². The quantitative estimate of drug-likeness (QED) is 0.535. The number of nitrogen functional groups attached to an aromatic ring is 1. The highest BCUT2D eigenvalue weighted by Gasteiger charge is 1.87. The van der Waals surface area contributed by atoms with Gasteiger partial charge in [0.05, 0.1) is 6.20 Å². The topological polar surface area (TPSA) is 53.1 Å². The van der Waals surface area contributed by atoms with E-state index in [-0.39, 0.29) is 0 Å². The van der Waals surface area contributed by atoms with Gasteiger partial charge < -0.3 is 10.6 Å². The largest absolute Gasteiger partial charge is 0.416 e. The molecule has 0 amide bonds. The van der Waals surface area contributed by atoms with Gasteiger partial charge in [0.25, 0.3) is 0 Å². The molecule has 0 unspecified atom stereocenters. The van der Waals surface area contributed by atoms with Crippen LogP contribution < -0.4 is 10.6 Å². The molecule has 0 aliphatic rings. The van der Waals surface area contributed by atoms with Gasteiger partial charge in [0.15, 0.2) is 0 Å². The Balaban J connectivity index is 2.84. The van der Waals surface area contributed by atoms with Gasteiger partial charge in [0, 0.05) is 0 Å². The van der Waals surface area contributed by atoms with E-state index < -0.39 is 0 Å². The van der Waals surface area contributed by atoms with Crippen molar-refractivity contribution in [1.29, 1.82) is 0 Å². The lowest BCUT2D eigenvalue weighted by molar-refractivity contribution is 0.167.